The van der Waals surface area contributed by atoms with E-state index in [0.717, 1.165) is 43.7 Å². The van der Waals surface area contributed by atoms with Crippen molar-refractivity contribution in [1.29, 1.82) is 0 Å². The van der Waals surface area contributed by atoms with Gasteiger partial charge in [-0.05, 0) is 75.4 Å². The quantitative estimate of drug-likeness (QED) is 0.647. The first kappa shape index (κ1) is 19.6. The number of nitrogens with zero attached hydrogens (tertiary/aromatic N) is 1. The fourth-order valence-electron chi connectivity index (χ4n) is 4.13. The zero-order valence-electron chi connectivity index (χ0n) is 17.0. The van der Waals surface area contributed by atoms with Crippen LogP contribution in [0.25, 0.3) is 0 Å². The second-order valence-corrected chi connectivity index (χ2v) is 8.24. The van der Waals surface area contributed by atoms with Crippen LogP contribution in [0.5, 0.6) is 5.75 Å². The van der Waals surface area contributed by atoms with Gasteiger partial charge in [0.2, 0.25) is 0 Å². The van der Waals surface area contributed by atoms with Crippen LogP contribution in [0.15, 0.2) is 53.5 Å². The highest BCUT2D eigenvalue weighted by atomic mass is 16.5. The summed E-state index contributed by atoms with van der Waals surface area (Å²) in [7, 11) is 1.68. The fourth-order valence-corrected chi connectivity index (χ4v) is 4.13. The van der Waals surface area contributed by atoms with Crippen molar-refractivity contribution in [3.05, 3.63) is 65.2 Å². The van der Waals surface area contributed by atoms with Crippen molar-refractivity contribution >= 4 is 6.21 Å². The first-order valence-electron chi connectivity index (χ1n) is 9.78. The Morgan fingerprint density at radius 1 is 1.07 bits per heavy atom. The molecule has 1 atom stereocenters. The minimum Gasteiger partial charge on any atom is -0.497 e. The standard InChI is InChI=1S/C24H31NO2/c1-19-5-9-21(10-6-19)24(14-16-27-23(2,3)18-24)13-15-25-17-20-7-11-22(26-4)12-8-20/h5-12,17H,13-16,18H2,1-4H3. The molecule has 0 bridgehead atoms. The van der Waals surface area contributed by atoms with Crippen molar-refractivity contribution in [2.75, 3.05) is 20.3 Å². The Kier molecular flexibility index (Phi) is 6.01. The van der Waals surface area contributed by atoms with Crippen LogP contribution in [0.1, 0.15) is 49.8 Å². The summed E-state index contributed by atoms with van der Waals surface area (Å²) in [6.07, 6.45) is 5.08. The van der Waals surface area contributed by atoms with Crippen molar-refractivity contribution in [2.45, 2.75) is 51.0 Å². The van der Waals surface area contributed by atoms with E-state index in [1.165, 1.54) is 11.1 Å². The summed E-state index contributed by atoms with van der Waals surface area (Å²) in [4.78, 5) is 4.72. The smallest absolute Gasteiger partial charge is 0.118 e. The van der Waals surface area contributed by atoms with E-state index in [9.17, 15) is 0 Å². The zero-order chi connectivity index (χ0) is 19.3. The lowest BCUT2D eigenvalue weighted by molar-refractivity contribution is -0.0836. The number of methoxy groups -OCH3 is 1. The number of hydrogen-bond acceptors (Lipinski definition) is 3. The summed E-state index contributed by atoms with van der Waals surface area (Å²) in [5.74, 6) is 0.870. The number of benzene rings is 2. The Labute approximate surface area is 163 Å². The highest BCUT2D eigenvalue weighted by molar-refractivity contribution is 5.79. The molecule has 27 heavy (non-hydrogen) atoms. The molecule has 0 amide bonds. The predicted octanol–water partition coefficient (Wildman–Crippen LogP) is 5.34. The zero-order valence-corrected chi connectivity index (χ0v) is 17.0. The molecule has 3 rings (SSSR count). The van der Waals surface area contributed by atoms with Gasteiger partial charge in [0.25, 0.3) is 0 Å². The molecule has 2 aromatic rings. The first-order valence-corrected chi connectivity index (χ1v) is 9.78. The third-order valence-corrected chi connectivity index (χ3v) is 5.58. The number of rotatable bonds is 6. The first-order chi connectivity index (χ1) is 12.9. The molecule has 0 aliphatic carbocycles. The van der Waals surface area contributed by atoms with Crippen molar-refractivity contribution in [2.24, 2.45) is 4.99 Å². The Morgan fingerprint density at radius 2 is 1.78 bits per heavy atom. The largest absolute Gasteiger partial charge is 0.497 e. The number of hydrogen-bond donors (Lipinski definition) is 0. The third kappa shape index (κ3) is 4.98. The molecule has 0 aromatic heterocycles. The molecular weight excluding hydrogens is 334 g/mol. The van der Waals surface area contributed by atoms with Crippen LogP contribution < -0.4 is 4.74 Å². The fraction of sp³-hybridized carbons (Fsp3) is 0.458. The lowest BCUT2D eigenvalue weighted by Gasteiger charge is -2.45. The summed E-state index contributed by atoms with van der Waals surface area (Å²) >= 11 is 0. The van der Waals surface area contributed by atoms with E-state index < -0.39 is 0 Å². The second kappa shape index (κ2) is 8.26. The SMILES string of the molecule is COc1ccc(C=NCCC2(c3ccc(C)cc3)CCOC(C)(C)C2)cc1. The van der Waals surface area contributed by atoms with Crippen LogP contribution in [0.3, 0.4) is 0 Å². The van der Waals surface area contributed by atoms with Gasteiger partial charge in [0, 0.05) is 24.8 Å². The Bertz CT molecular complexity index is 762. The van der Waals surface area contributed by atoms with Crippen molar-refractivity contribution in [3.63, 3.8) is 0 Å². The van der Waals surface area contributed by atoms with Gasteiger partial charge in [-0.25, -0.2) is 0 Å². The molecular formula is C24H31NO2. The number of ether oxygens (including phenoxy) is 2. The van der Waals surface area contributed by atoms with Crippen LogP contribution in [0.2, 0.25) is 0 Å². The van der Waals surface area contributed by atoms with Crippen LogP contribution in [0.4, 0.5) is 0 Å². The summed E-state index contributed by atoms with van der Waals surface area (Å²) in [5.41, 5.74) is 3.87. The maximum atomic E-state index is 6.01. The minimum absolute atomic E-state index is 0.0944. The van der Waals surface area contributed by atoms with Gasteiger partial charge in [-0.2, -0.15) is 0 Å². The molecule has 0 radical (unpaired) electrons. The monoisotopic (exact) mass is 365 g/mol. The van der Waals surface area contributed by atoms with Gasteiger partial charge in [0.05, 0.1) is 12.7 Å². The van der Waals surface area contributed by atoms with Gasteiger partial charge in [0.1, 0.15) is 5.75 Å². The van der Waals surface area contributed by atoms with Crippen LogP contribution in [-0.4, -0.2) is 32.1 Å². The topological polar surface area (TPSA) is 30.8 Å². The van der Waals surface area contributed by atoms with Crippen molar-refractivity contribution < 1.29 is 9.47 Å². The van der Waals surface area contributed by atoms with Gasteiger partial charge < -0.3 is 9.47 Å². The molecule has 144 valence electrons. The molecule has 1 aliphatic rings. The Morgan fingerprint density at radius 3 is 2.41 bits per heavy atom. The summed E-state index contributed by atoms with van der Waals surface area (Å²) in [5, 5.41) is 0. The van der Waals surface area contributed by atoms with Gasteiger partial charge in [-0.1, -0.05) is 29.8 Å². The third-order valence-electron chi connectivity index (χ3n) is 5.58. The average molecular weight is 366 g/mol. The van der Waals surface area contributed by atoms with E-state index >= 15 is 0 Å². The summed E-state index contributed by atoms with van der Waals surface area (Å²) in [6.45, 7) is 8.17. The van der Waals surface area contributed by atoms with Gasteiger partial charge >= 0.3 is 0 Å². The molecule has 0 saturated carbocycles. The molecule has 1 fully saturated rings. The molecule has 1 aliphatic heterocycles. The molecule has 2 aromatic carbocycles. The highest BCUT2D eigenvalue weighted by Crippen LogP contribution is 2.44. The van der Waals surface area contributed by atoms with Crippen molar-refractivity contribution in [1.82, 2.24) is 0 Å². The number of aryl methyl sites for hydroxylation is 1. The lowest BCUT2D eigenvalue weighted by Crippen LogP contribution is -2.44. The van der Waals surface area contributed by atoms with Gasteiger partial charge in [0.15, 0.2) is 0 Å². The maximum absolute atomic E-state index is 6.01. The highest BCUT2D eigenvalue weighted by Gasteiger charge is 2.41. The molecule has 1 heterocycles. The van der Waals surface area contributed by atoms with E-state index in [-0.39, 0.29) is 11.0 Å². The summed E-state index contributed by atoms with van der Waals surface area (Å²) in [6, 6.07) is 17.0. The molecule has 3 nitrogen and oxygen atoms in total. The van der Waals surface area contributed by atoms with Crippen LogP contribution >= 0.6 is 0 Å². The van der Waals surface area contributed by atoms with E-state index in [1.54, 1.807) is 7.11 Å². The Hall–Kier alpha value is -2.13. The molecule has 0 N–H and O–H groups in total. The number of aliphatic imine (C=N–C) groups is 1. The van der Waals surface area contributed by atoms with Crippen LogP contribution in [0, 0.1) is 6.92 Å². The lowest BCUT2D eigenvalue weighted by atomic mass is 9.67. The second-order valence-electron chi connectivity index (χ2n) is 8.24. The van der Waals surface area contributed by atoms with E-state index in [0.29, 0.717) is 0 Å². The molecule has 3 heteroatoms. The maximum Gasteiger partial charge on any atom is 0.118 e. The van der Waals surface area contributed by atoms with Gasteiger partial charge in [-0.3, -0.25) is 4.99 Å². The summed E-state index contributed by atoms with van der Waals surface area (Å²) < 4.78 is 11.2. The predicted molar refractivity (Wildman–Crippen MR) is 112 cm³/mol. The van der Waals surface area contributed by atoms with Crippen molar-refractivity contribution in [3.8, 4) is 5.75 Å². The molecule has 0 spiro atoms. The Balaban J connectivity index is 1.73. The normalized spacial score (nSPS) is 22.1. The van der Waals surface area contributed by atoms with Gasteiger partial charge in [-0.15, -0.1) is 0 Å². The average Bonchev–Trinajstić information content (AvgIpc) is 2.65. The van der Waals surface area contributed by atoms with E-state index in [1.807, 2.05) is 30.5 Å². The van der Waals surface area contributed by atoms with E-state index in [4.69, 9.17) is 14.5 Å². The minimum atomic E-state index is -0.0944. The molecule has 1 unspecified atom stereocenters. The van der Waals surface area contributed by atoms with Crippen LogP contribution in [-0.2, 0) is 10.2 Å². The molecule has 1 saturated heterocycles. The van der Waals surface area contributed by atoms with E-state index in [2.05, 4.69) is 45.0 Å².